The SMILES string of the molecule is Cc1cn([C@@H]2O[C@H](CO)[C@@H](O)[C@]2(O)C#N)c(=O)[nH]c1=O. The summed E-state index contributed by atoms with van der Waals surface area (Å²) in [5.74, 6) is 0. The summed E-state index contributed by atoms with van der Waals surface area (Å²) < 4.78 is 5.96. The summed E-state index contributed by atoms with van der Waals surface area (Å²) in [7, 11) is 0. The molecule has 2 heterocycles. The Morgan fingerprint density at radius 3 is 2.80 bits per heavy atom. The predicted octanol–water partition coefficient (Wildman–Crippen LogP) is -2.65. The number of hydrogen-bond donors (Lipinski definition) is 4. The van der Waals surface area contributed by atoms with Crippen LogP contribution >= 0.6 is 0 Å². The third-order valence-electron chi connectivity index (χ3n) is 3.24. The van der Waals surface area contributed by atoms with Crippen LogP contribution in [-0.4, -0.2) is 49.3 Å². The Kier molecular flexibility index (Phi) is 3.49. The lowest BCUT2D eigenvalue weighted by Crippen LogP contribution is -2.48. The molecule has 1 aromatic heterocycles. The minimum atomic E-state index is -2.41. The van der Waals surface area contributed by atoms with Crippen LogP contribution in [0.15, 0.2) is 15.8 Å². The molecule has 0 radical (unpaired) electrons. The lowest BCUT2D eigenvalue weighted by Gasteiger charge is -2.24. The second-order valence-electron chi connectivity index (χ2n) is 4.57. The number of H-pyrrole nitrogens is 1. The lowest BCUT2D eigenvalue weighted by atomic mass is 9.96. The number of rotatable bonds is 2. The van der Waals surface area contributed by atoms with E-state index in [1.165, 1.54) is 13.0 Å². The Bertz CT molecular complexity index is 674. The fourth-order valence-electron chi connectivity index (χ4n) is 2.08. The number of aryl methyl sites for hydroxylation is 1. The Balaban J connectivity index is 2.58. The normalized spacial score (nSPS) is 33.0. The van der Waals surface area contributed by atoms with E-state index in [4.69, 9.17) is 15.1 Å². The van der Waals surface area contributed by atoms with Gasteiger partial charge < -0.3 is 20.1 Å². The van der Waals surface area contributed by atoms with E-state index in [9.17, 15) is 19.8 Å². The van der Waals surface area contributed by atoms with Crippen molar-refractivity contribution in [2.75, 3.05) is 6.61 Å². The molecular formula is C11H13N3O6. The smallest absolute Gasteiger partial charge is 0.330 e. The number of aliphatic hydroxyl groups is 3. The molecule has 0 unspecified atom stereocenters. The highest BCUT2D eigenvalue weighted by molar-refractivity contribution is 5.16. The van der Waals surface area contributed by atoms with Crippen molar-refractivity contribution in [3.63, 3.8) is 0 Å². The van der Waals surface area contributed by atoms with Gasteiger partial charge in [0.15, 0.2) is 6.23 Å². The average molecular weight is 283 g/mol. The first-order valence-electron chi connectivity index (χ1n) is 5.75. The Hall–Kier alpha value is -1.99. The van der Waals surface area contributed by atoms with Gasteiger partial charge in [-0.2, -0.15) is 5.26 Å². The van der Waals surface area contributed by atoms with Gasteiger partial charge in [-0.1, -0.05) is 0 Å². The molecule has 9 nitrogen and oxygen atoms in total. The summed E-state index contributed by atoms with van der Waals surface area (Å²) in [6.07, 6.45) is -3.34. The minimum Gasteiger partial charge on any atom is -0.394 e. The van der Waals surface area contributed by atoms with Crippen LogP contribution in [0.2, 0.25) is 0 Å². The molecule has 0 saturated carbocycles. The first-order chi connectivity index (χ1) is 9.35. The molecule has 1 aliphatic heterocycles. The van der Waals surface area contributed by atoms with Crippen molar-refractivity contribution in [2.24, 2.45) is 0 Å². The summed E-state index contributed by atoms with van der Waals surface area (Å²) >= 11 is 0. The highest BCUT2D eigenvalue weighted by atomic mass is 16.6. The van der Waals surface area contributed by atoms with Gasteiger partial charge in [0.1, 0.15) is 18.3 Å². The van der Waals surface area contributed by atoms with Gasteiger partial charge in [0.25, 0.3) is 5.56 Å². The number of nitrogens with zero attached hydrogens (tertiary/aromatic N) is 2. The monoisotopic (exact) mass is 283 g/mol. The zero-order valence-corrected chi connectivity index (χ0v) is 10.5. The third-order valence-corrected chi connectivity index (χ3v) is 3.24. The molecule has 0 aliphatic carbocycles. The van der Waals surface area contributed by atoms with Crippen molar-refractivity contribution in [3.05, 3.63) is 32.6 Å². The second-order valence-corrected chi connectivity index (χ2v) is 4.57. The van der Waals surface area contributed by atoms with Crippen molar-refractivity contribution in [2.45, 2.75) is 31.0 Å². The van der Waals surface area contributed by atoms with Crippen LogP contribution in [0.4, 0.5) is 0 Å². The fourth-order valence-corrected chi connectivity index (χ4v) is 2.08. The maximum Gasteiger partial charge on any atom is 0.330 e. The first kappa shape index (κ1) is 14.4. The summed E-state index contributed by atoms with van der Waals surface area (Å²) in [5.41, 5.74) is -3.76. The highest BCUT2D eigenvalue weighted by Crippen LogP contribution is 2.37. The summed E-state index contributed by atoms with van der Waals surface area (Å²) in [6, 6.07) is 1.48. The van der Waals surface area contributed by atoms with Gasteiger partial charge in [-0.25, -0.2) is 4.79 Å². The minimum absolute atomic E-state index is 0.162. The Labute approximate surface area is 112 Å². The second kappa shape index (κ2) is 4.84. The summed E-state index contributed by atoms with van der Waals surface area (Å²) in [6.45, 7) is 0.786. The molecule has 1 fully saturated rings. The van der Waals surface area contributed by atoms with Gasteiger partial charge in [0, 0.05) is 11.8 Å². The van der Waals surface area contributed by atoms with Crippen LogP contribution in [-0.2, 0) is 4.74 Å². The van der Waals surface area contributed by atoms with E-state index in [0.29, 0.717) is 0 Å². The largest absolute Gasteiger partial charge is 0.394 e. The maximum absolute atomic E-state index is 11.7. The topological polar surface area (TPSA) is 149 Å². The van der Waals surface area contributed by atoms with Gasteiger partial charge in [-0.15, -0.1) is 0 Å². The predicted molar refractivity (Wildman–Crippen MR) is 63.6 cm³/mol. The van der Waals surface area contributed by atoms with E-state index in [2.05, 4.69) is 0 Å². The molecule has 0 bridgehead atoms. The first-order valence-corrected chi connectivity index (χ1v) is 5.75. The van der Waals surface area contributed by atoms with Crippen LogP contribution in [0.1, 0.15) is 11.8 Å². The number of aromatic nitrogens is 2. The van der Waals surface area contributed by atoms with Gasteiger partial charge in [-0.3, -0.25) is 14.3 Å². The van der Waals surface area contributed by atoms with Gasteiger partial charge in [-0.05, 0) is 6.92 Å². The molecule has 4 atom stereocenters. The number of nitriles is 1. The standard InChI is InChI=1S/C11H13N3O6/c1-5-2-14(10(18)13-8(5)17)9-11(19,4-12)7(16)6(3-15)20-9/h2,6-7,9,15-16,19H,3H2,1H3,(H,13,17,18)/t6-,7-,9-,11-/m1/s1. The van der Waals surface area contributed by atoms with Crippen molar-refractivity contribution in [1.82, 2.24) is 9.55 Å². The van der Waals surface area contributed by atoms with E-state index in [1.807, 2.05) is 4.98 Å². The van der Waals surface area contributed by atoms with Crippen LogP contribution in [0.25, 0.3) is 0 Å². The molecule has 20 heavy (non-hydrogen) atoms. The van der Waals surface area contributed by atoms with Gasteiger partial charge in [0.05, 0.1) is 6.61 Å². The molecular weight excluding hydrogens is 270 g/mol. The van der Waals surface area contributed by atoms with Crippen molar-refractivity contribution >= 4 is 0 Å². The van der Waals surface area contributed by atoms with E-state index in [-0.39, 0.29) is 5.56 Å². The fraction of sp³-hybridized carbons (Fsp3) is 0.545. The molecule has 0 spiro atoms. The zero-order chi connectivity index (χ0) is 15.1. The van der Waals surface area contributed by atoms with E-state index >= 15 is 0 Å². The van der Waals surface area contributed by atoms with Crippen molar-refractivity contribution in [1.29, 1.82) is 5.26 Å². The molecule has 9 heteroatoms. The highest BCUT2D eigenvalue weighted by Gasteiger charge is 2.57. The molecule has 1 aromatic rings. The number of ether oxygens (including phenoxy) is 1. The maximum atomic E-state index is 11.7. The Morgan fingerprint density at radius 1 is 1.60 bits per heavy atom. The number of hydrogen-bond acceptors (Lipinski definition) is 7. The molecule has 4 N–H and O–H groups in total. The molecule has 0 amide bonds. The van der Waals surface area contributed by atoms with Crippen LogP contribution in [0.3, 0.4) is 0 Å². The third kappa shape index (κ3) is 1.95. The van der Waals surface area contributed by atoms with Crippen molar-refractivity contribution < 1.29 is 20.1 Å². The molecule has 2 rings (SSSR count). The molecule has 1 saturated heterocycles. The van der Waals surface area contributed by atoms with E-state index < -0.39 is 41.9 Å². The molecule has 0 aromatic carbocycles. The van der Waals surface area contributed by atoms with E-state index in [0.717, 1.165) is 10.8 Å². The van der Waals surface area contributed by atoms with Crippen LogP contribution < -0.4 is 11.2 Å². The van der Waals surface area contributed by atoms with Crippen LogP contribution in [0.5, 0.6) is 0 Å². The summed E-state index contributed by atoms with van der Waals surface area (Å²) in [4.78, 5) is 25.0. The van der Waals surface area contributed by atoms with E-state index in [1.54, 1.807) is 0 Å². The molecule has 108 valence electrons. The zero-order valence-electron chi connectivity index (χ0n) is 10.5. The average Bonchev–Trinajstić information content (AvgIpc) is 2.67. The number of aliphatic hydroxyl groups excluding tert-OH is 2. The van der Waals surface area contributed by atoms with Gasteiger partial charge in [0.2, 0.25) is 5.60 Å². The van der Waals surface area contributed by atoms with Gasteiger partial charge >= 0.3 is 5.69 Å². The molecule has 1 aliphatic rings. The van der Waals surface area contributed by atoms with Crippen LogP contribution in [0, 0.1) is 18.3 Å². The Morgan fingerprint density at radius 2 is 2.25 bits per heavy atom. The lowest BCUT2D eigenvalue weighted by molar-refractivity contribution is -0.0775. The summed E-state index contributed by atoms with van der Waals surface area (Å²) in [5, 5.41) is 38.1. The number of nitrogens with one attached hydrogen (secondary N) is 1. The quantitative estimate of drug-likeness (QED) is 0.433. The van der Waals surface area contributed by atoms with Crippen molar-refractivity contribution in [3.8, 4) is 6.07 Å². The number of aromatic amines is 1.